The predicted molar refractivity (Wildman–Crippen MR) is 143 cm³/mol. The fourth-order valence-electron chi connectivity index (χ4n) is 3.64. The quantitative estimate of drug-likeness (QED) is 0.0674. The van der Waals surface area contributed by atoms with Gasteiger partial charge in [-0.25, -0.2) is 4.98 Å². The van der Waals surface area contributed by atoms with E-state index in [0.717, 1.165) is 22.2 Å². The molecule has 10 nitrogen and oxygen atoms in total. The number of ether oxygens (including phenoxy) is 3. The number of para-hydroxylation sites is 1. The number of aliphatic hydroxyl groups is 1. The first-order chi connectivity index (χ1) is 18.4. The van der Waals surface area contributed by atoms with Gasteiger partial charge in [0.2, 0.25) is 0 Å². The normalized spacial score (nSPS) is 11.9. The maximum Gasteiger partial charge on any atom is 0.308 e. The van der Waals surface area contributed by atoms with E-state index in [9.17, 15) is 20.0 Å². The van der Waals surface area contributed by atoms with Gasteiger partial charge in [-0.1, -0.05) is 36.0 Å². The molecule has 11 heteroatoms. The highest BCUT2D eigenvalue weighted by Crippen LogP contribution is 2.31. The third-order valence-corrected chi connectivity index (χ3v) is 6.39. The van der Waals surface area contributed by atoms with Crippen LogP contribution in [0.5, 0.6) is 5.75 Å². The highest BCUT2D eigenvalue weighted by molar-refractivity contribution is 7.99. The van der Waals surface area contributed by atoms with Crippen LogP contribution in [0.1, 0.15) is 43.9 Å². The van der Waals surface area contributed by atoms with Gasteiger partial charge in [-0.2, -0.15) is 0 Å². The third kappa shape index (κ3) is 8.09. The van der Waals surface area contributed by atoms with Gasteiger partial charge < -0.3 is 19.3 Å². The first-order valence-electron chi connectivity index (χ1n) is 12.2. The molecule has 1 heterocycles. The summed E-state index contributed by atoms with van der Waals surface area (Å²) in [5.74, 6) is 0.457. The molecule has 0 bridgehead atoms. The highest BCUT2D eigenvalue weighted by Gasteiger charge is 2.24. The Hall–Kier alpha value is -3.83. The summed E-state index contributed by atoms with van der Waals surface area (Å²) in [5.41, 5.74) is 1.75. The van der Waals surface area contributed by atoms with Crippen molar-refractivity contribution >= 4 is 23.4 Å². The molecule has 0 radical (unpaired) electrons. The average molecular weight is 542 g/mol. The maximum absolute atomic E-state index is 11.7. The van der Waals surface area contributed by atoms with Gasteiger partial charge in [0.1, 0.15) is 12.4 Å². The van der Waals surface area contributed by atoms with Crippen molar-refractivity contribution in [3.63, 3.8) is 0 Å². The Kier molecular flexibility index (Phi) is 11.2. The Morgan fingerprint density at radius 1 is 1.29 bits per heavy atom. The largest absolute Gasteiger partial charge is 0.497 e. The zero-order valence-corrected chi connectivity index (χ0v) is 22.1. The Balaban J connectivity index is 1.57. The molecule has 1 aromatic heterocycles. The van der Waals surface area contributed by atoms with E-state index < -0.39 is 17.0 Å². The van der Waals surface area contributed by atoms with Crippen molar-refractivity contribution in [3.05, 3.63) is 88.4 Å². The number of carbonyl (C=O) groups excluding carboxylic acids is 1. The van der Waals surface area contributed by atoms with Crippen LogP contribution in [0.15, 0.2) is 72.4 Å². The van der Waals surface area contributed by atoms with Crippen LogP contribution in [-0.2, 0) is 20.9 Å². The summed E-state index contributed by atoms with van der Waals surface area (Å²) >= 11 is 1.58. The average Bonchev–Trinajstić information content (AvgIpc) is 3.37. The number of aromatic nitrogens is 2. The summed E-state index contributed by atoms with van der Waals surface area (Å²) in [6.07, 6.45) is 6.09. The molecule has 0 amide bonds. The van der Waals surface area contributed by atoms with Crippen LogP contribution in [0.25, 0.3) is 5.69 Å². The summed E-state index contributed by atoms with van der Waals surface area (Å²) in [5, 5.41) is 22.6. The molecule has 1 N–H and O–H groups in total. The molecular formula is C27H31N3O7S. The minimum atomic E-state index is -1.38. The van der Waals surface area contributed by atoms with Crippen molar-refractivity contribution in [2.45, 2.75) is 44.6 Å². The van der Waals surface area contributed by atoms with Crippen molar-refractivity contribution in [2.24, 2.45) is 0 Å². The molecule has 2 aromatic carbocycles. The molecule has 0 aliphatic heterocycles. The van der Waals surface area contributed by atoms with Crippen molar-refractivity contribution < 1.29 is 29.0 Å². The van der Waals surface area contributed by atoms with E-state index in [2.05, 4.69) is 4.98 Å². The summed E-state index contributed by atoms with van der Waals surface area (Å²) in [4.78, 5) is 27.0. The third-order valence-electron chi connectivity index (χ3n) is 5.34. The number of nitrogens with zero attached hydrogens (tertiary/aromatic N) is 3. The van der Waals surface area contributed by atoms with E-state index in [1.807, 2.05) is 48.0 Å². The molecule has 3 aromatic rings. The molecule has 3 rings (SSSR count). The van der Waals surface area contributed by atoms with E-state index in [-0.39, 0.29) is 24.3 Å². The number of nitro benzene ring substituents is 1. The standard InChI is InChI=1S/C27H31N3O7S/c1-3-14-35-19-20-8-5-6-9-23(20)29-13-12-28-27(29)38-16-7-15-37-21-10-11-24(30(33)34)22(17-21)25(31)18-26(32)36-4-2/h3,5-6,8-14,17,25,31H,4,7,15-16,18-19H2,1-2H3/b14-3+. The van der Waals surface area contributed by atoms with Gasteiger partial charge >= 0.3 is 5.97 Å². The summed E-state index contributed by atoms with van der Waals surface area (Å²) in [6.45, 7) is 4.51. The van der Waals surface area contributed by atoms with E-state index >= 15 is 0 Å². The fraction of sp³-hybridized carbons (Fsp3) is 0.333. The Morgan fingerprint density at radius 3 is 2.87 bits per heavy atom. The SMILES string of the molecule is C/C=C/OCc1ccccc1-n1ccnc1SCCCOc1ccc([N+](=O)[O-])c(C(O)CC(=O)OCC)c1. The number of esters is 1. The lowest BCUT2D eigenvalue weighted by Gasteiger charge is -2.14. The van der Waals surface area contributed by atoms with Crippen LogP contribution in [0.4, 0.5) is 5.69 Å². The number of hydrogen-bond acceptors (Lipinski definition) is 9. The van der Waals surface area contributed by atoms with Crippen LogP contribution in [0, 0.1) is 10.1 Å². The Morgan fingerprint density at radius 2 is 2.11 bits per heavy atom. The first kappa shape index (κ1) is 28.7. The Labute approximate surface area is 225 Å². The lowest BCUT2D eigenvalue weighted by Crippen LogP contribution is -2.11. The zero-order chi connectivity index (χ0) is 27.3. The van der Waals surface area contributed by atoms with Crippen molar-refractivity contribution in [2.75, 3.05) is 19.0 Å². The maximum atomic E-state index is 11.7. The van der Waals surface area contributed by atoms with E-state index in [0.29, 0.717) is 25.4 Å². The number of hydrogen-bond donors (Lipinski definition) is 1. The lowest BCUT2D eigenvalue weighted by molar-refractivity contribution is -0.386. The van der Waals surface area contributed by atoms with Crippen LogP contribution >= 0.6 is 11.8 Å². The predicted octanol–water partition coefficient (Wildman–Crippen LogP) is 5.38. The van der Waals surface area contributed by atoms with Gasteiger partial charge in [0.15, 0.2) is 5.16 Å². The van der Waals surface area contributed by atoms with Crippen LogP contribution in [-0.4, -0.2) is 44.5 Å². The van der Waals surface area contributed by atoms with Gasteiger partial charge in [0.05, 0.1) is 48.2 Å². The van der Waals surface area contributed by atoms with E-state index in [1.165, 1.54) is 18.2 Å². The molecule has 0 spiro atoms. The second kappa shape index (κ2) is 14.8. The van der Waals surface area contributed by atoms with E-state index in [1.54, 1.807) is 31.1 Å². The molecule has 0 saturated heterocycles. The molecule has 202 valence electrons. The van der Waals surface area contributed by atoms with Crippen LogP contribution in [0.2, 0.25) is 0 Å². The second-order valence-electron chi connectivity index (χ2n) is 8.04. The molecular weight excluding hydrogens is 510 g/mol. The summed E-state index contributed by atoms with van der Waals surface area (Å²) in [6, 6.07) is 12.1. The smallest absolute Gasteiger partial charge is 0.308 e. The molecule has 1 unspecified atom stereocenters. The number of carbonyl (C=O) groups is 1. The van der Waals surface area contributed by atoms with Gasteiger partial charge in [-0.3, -0.25) is 19.5 Å². The van der Waals surface area contributed by atoms with Gasteiger partial charge in [0.25, 0.3) is 5.69 Å². The number of aliphatic hydroxyl groups excluding tert-OH is 1. The Bertz CT molecular complexity index is 1240. The molecule has 0 saturated carbocycles. The van der Waals surface area contributed by atoms with Gasteiger partial charge in [0, 0.05) is 29.8 Å². The van der Waals surface area contributed by atoms with E-state index in [4.69, 9.17) is 14.2 Å². The van der Waals surface area contributed by atoms with Gasteiger partial charge in [-0.05, 0) is 38.5 Å². The molecule has 0 aliphatic carbocycles. The van der Waals surface area contributed by atoms with Crippen LogP contribution in [0.3, 0.4) is 0 Å². The van der Waals surface area contributed by atoms with Crippen molar-refractivity contribution in [3.8, 4) is 11.4 Å². The topological polar surface area (TPSA) is 126 Å². The first-order valence-corrected chi connectivity index (χ1v) is 13.1. The van der Waals surface area contributed by atoms with Gasteiger partial charge in [-0.15, -0.1) is 0 Å². The lowest BCUT2D eigenvalue weighted by atomic mass is 10.0. The second-order valence-corrected chi connectivity index (χ2v) is 9.10. The number of imidazole rings is 1. The number of nitro groups is 1. The minimum absolute atomic E-state index is 0.00836. The fourth-order valence-corrected chi connectivity index (χ4v) is 4.52. The number of rotatable bonds is 15. The summed E-state index contributed by atoms with van der Waals surface area (Å²) < 4.78 is 18.2. The van der Waals surface area contributed by atoms with Crippen LogP contribution < -0.4 is 4.74 Å². The monoisotopic (exact) mass is 541 g/mol. The molecule has 0 fully saturated rings. The van der Waals surface area contributed by atoms with Crippen molar-refractivity contribution in [1.29, 1.82) is 0 Å². The number of allylic oxidation sites excluding steroid dienone is 1. The number of thioether (sulfide) groups is 1. The number of benzene rings is 2. The van der Waals surface area contributed by atoms with Crippen molar-refractivity contribution in [1.82, 2.24) is 9.55 Å². The molecule has 38 heavy (non-hydrogen) atoms. The molecule has 1 atom stereocenters. The highest BCUT2D eigenvalue weighted by atomic mass is 32.2. The zero-order valence-electron chi connectivity index (χ0n) is 21.3. The minimum Gasteiger partial charge on any atom is -0.497 e. The molecule has 0 aliphatic rings. The summed E-state index contributed by atoms with van der Waals surface area (Å²) in [7, 11) is 0.